The Morgan fingerprint density at radius 3 is 2.86 bits per heavy atom. The molecule has 0 radical (unpaired) electrons. The zero-order chi connectivity index (χ0) is 15.0. The van der Waals surface area contributed by atoms with E-state index in [4.69, 9.17) is 23.2 Å². The van der Waals surface area contributed by atoms with E-state index >= 15 is 0 Å². The van der Waals surface area contributed by atoms with Gasteiger partial charge < -0.3 is 4.57 Å². The normalized spacial score (nSPS) is 13.0. The van der Waals surface area contributed by atoms with Gasteiger partial charge in [-0.25, -0.2) is 9.97 Å². The average molecular weight is 340 g/mol. The molecule has 1 atom stereocenters. The molecule has 0 spiro atoms. The van der Waals surface area contributed by atoms with E-state index in [0.717, 1.165) is 28.3 Å². The van der Waals surface area contributed by atoms with Crippen LogP contribution in [0.2, 0.25) is 5.02 Å². The number of aryl methyl sites for hydroxylation is 1. The number of rotatable bonds is 4. The maximum Gasteiger partial charge on any atom is 0.125 e. The first-order valence-corrected chi connectivity index (χ1v) is 8.54. The summed E-state index contributed by atoms with van der Waals surface area (Å²) < 4.78 is 2.10. The highest BCUT2D eigenvalue weighted by atomic mass is 35.5. The molecule has 110 valence electrons. The predicted octanol–water partition coefficient (Wildman–Crippen LogP) is 5.06. The smallest absolute Gasteiger partial charge is 0.125 e. The van der Waals surface area contributed by atoms with Crippen molar-refractivity contribution in [1.82, 2.24) is 14.5 Å². The number of halogens is 2. The van der Waals surface area contributed by atoms with Crippen molar-refractivity contribution in [1.29, 1.82) is 0 Å². The second-order valence-corrected chi connectivity index (χ2v) is 6.65. The lowest BCUT2D eigenvalue weighted by Gasteiger charge is -2.15. The standard InChI is InChI=1S/C15H15Cl2N3S/c1-3-10-8-18-15(21-10)9(2)20-13(7-16)19-12-6-4-5-11(17)14(12)20/h4-6,8-9H,3,7H2,1-2H3. The number of thiazole rings is 1. The van der Waals surface area contributed by atoms with Gasteiger partial charge >= 0.3 is 0 Å². The van der Waals surface area contributed by atoms with Crippen LogP contribution in [0, 0.1) is 0 Å². The third-order valence-electron chi connectivity index (χ3n) is 3.52. The number of imidazole rings is 1. The molecule has 3 aromatic rings. The first-order valence-electron chi connectivity index (χ1n) is 6.81. The summed E-state index contributed by atoms with van der Waals surface area (Å²) in [7, 11) is 0. The van der Waals surface area contributed by atoms with Gasteiger partial charge in [-0.3, -0.25) is 0 Å². The lowest BCUT2D eigenvalue weighted by Crippen LogP contribution is -2.09. The maximum atomic E-state index is 6.38. The molecular weight excluding hydrogens is 325 g/mol. The van der Waals surface area contributed by atoms with E-state index in [1.54, 1.807) is 11.3 Å². The summed E-state index contributed by atoms with van der Waals surface area (Å²) in [6.07, 6.45) is 2.94. The molecule has 0 fully saturated rings. The monoisotopic (exact) mass is 339 g/mol. The van der Waals surface area contributed by atoms with Crippen molar-refractivity contribution in [3.63, 3.8) is 0 Å². The Morgan fingerprint density at radius 2 is 2.19 bits per heavy atom. The van der Waals surface area contributed by atoms with Crippen LogP contribution in [0.4, 0.5) is 0 Å². The minimum absolute atomic E-state index is 0.0638. The Bertz CT molecular complexity index is 778. The minimum Gasteiger partial charge on any atom is -0.316 e. The van der Waals surface area contributed by atoms with Crippen molar-refractivity contribution in [3.8, 4) is 0 Å². The molecule has 6 heteroatoms. The molecule has 21 heavy (non-hydrogen) atoms. The van der Waals surface area contributed by atoms with E-state index in [1.165, 1.54) is 4.88 Å². The molecule has 0 aliphatic heterocycles. The summed E-state index contributed by atoms with van der Waals surface area (Å²) in [5, 5.41) is 1.74. The van der Waals surface area contributed by atoms with E-state index in [0.29, 0.717) is 10.9 Å². The number of hydrogen-bond acceptors (Lipinski definition) is 3. The third kappa shape index (κ3) is 2.56. The molecule has 2 aromatic heterocycles. The molecule has 0 aliphatic rings. The largest absolute Gasteiger partial charge is 0.316 e. The van der Waals surface area contributed by atoms with Crippen LogP contribution in [0.5, 0.6) is 0 Å². The number of benzene rings is 1. The molecule has 0 amide bonds. The Labute approximate surface area is 137 Å². The first kappa shape index (κ1) is 14.8. The number of alkyl halides is 1. The third-order valence-corrected chi connectivity index (χ3v) is 5.37. The molecule has 0 saturated carbocycles. The molecular formula is C15H15Cl2N3S. The minimum atomic E-state index is 0.0638. The molecule has 0 saturated heterocycles. The molecule has 0 N–H and O–H groups in total. The van der Waals surface area contributed by atoms with Gasteiger partial charge in [-0.1, -0.05) is 24.6 Å². The zero-order valence-corrected chi connectivity index (χ0v) is 14.1. The van der Waals surface area contributed by atoms with Gasteiger partial charge in [-0.2, -0.15) is 0 Å². The topological polar surface area (TPSA) is 30.7 Å². The van der Waals surface area contributed by atoms with Crippen LogP contribution < -0.4 is 0 Å². The molecule has 1 unspecified atom stereocenters. The summed E-state index contributed by atoms with van der Waals surface area (Å²) in [5.41, 5.74) is 1.80. The summed E-state index contributed by atoms with van der Waals surface area (Å²) >= 11 is 14.2. The molecule has 0 bridgehead atoms. The van der Waals surface area contributed by atoms with E-state index in [1.807, 2.05) is 24.4 Å². The molecule has 3 nitrogen and oxygen atoms in total. The zero-order valence-electron chi connectivity index (χ0n) is 11.8. The van der Waals surface area contributed by atoms with Gasteiger partial charge in [0.05, 0.1) is 28.0 Å². The molecule has 0 aliphatic carbocycles. The quantitative estimate of drug-likeness (QED) is 0.622. The molecule has 2 heterocycles. The van der Waals surface area contributed by atoms with E-state index in [-0.39, 0.29) is 6.04 Å². The fraction of sp³-hybridized carbons (Fsp3) is 0.333. The Hall–Kier alpha value is -1.10. The van der Waals surface area contributed by atoms with Gasteiger partial charge in [0.1, 0.15) is 10.8 Å². The highest BCUT2D eigenvalue weighted by Crippen LogP contribution is 2.32. The molecule has 1 aromatic carbocycles. The fourth-order valence-electron chi connectivity index (χ4n) is 2.46. The van der Waals surface area contributed by atoms with Gasteiger partial charge in [0.25, 0.3) is 0 Å². The lowest BCUT2D eigenvalue weighted by atomic mass is 10.3. The van der Waals surface area contributed by atoms with Crippen LogP contribution >= 0.6 is 34.5 Å². The van der Waals surface area contributed by atoms with Crippen molar-refractivity contribution in [2.24, 2.45) is 0 Å². The van der Waals surface area contributed by atoms with Crippen LogP contribution in [0.15, 0.2) is 24.4 Å². The summed E-state index contributed by atoms with van der Waals surface area (Å²) in [4.78, 5) is 10.4. The molecule has 3 rings (SSSR count). The SMILES string of the molecule is CCc1cnc(C(C)n2c(CCl)nc3cccc(Cl)c32)s1. The lowest BCUT2D eigenvalue weighted by molar-refractivity contribution is 0.630. The second kappa shape index (κ2) is 5.95. The summed E-state index contributed by atoms with van der Waals surface area (Å²) in [6.45, 7) is 4.24. The number of hydrogen-bond donors (Lipinski definition) is 0. The van der Waals surface area contributed by atoms with Crippen LogP contribution in [-0.4, -0.2) is 14.5 Å². The summed E-state index contributed by atoms with van der Waals surface area (Å²) in [5.74, 6) is 1.17. The first-order chi connectivity index (χ1) is 10.2. The van der Waals surface area contributed by atoms with Crippen LogP contribution in [-0.2, 0) is 12.3 Å². The van der Waals surface area contributed by atoms with Crippen LogP contribution in [0.25, 0.3) is 11.0 Å². The maximum absolute atomic E-state index is 6.38. The van der Waals surface area contributed by atoms with Crippen molar-refractivity contribution in [2.45, 2.75) is 32.2 Å². The van der Waals surface area contributed by atoms with E-state index < -0.39 is 0 Å². The number of aromatic nitrogens is 3. The highest BCUT2D eigenvalue weighted by molar-refractivity contribution is 7.11. The Balaban J connectivity index is 2.18. The van der Waals surface area contributed by atoms with E-state index in [9.17, 15) is 0 Å². The van der Waals surface area contributed by atoms with Crippen LogP contribution in [0.3, 0.4) is 0 Å². The van der Waals surface area contributed by atoms with Crippen molar-refractivity contribution in [3.05, 3.63) is 45.1 Å². The van der Waals surface area contributed by atoms with Crippen molar-refractivity contribution in [2.75, 3.05) is 0 Å². The number of fused-ring (bicyclic) bond motifs is 1. The van der Waals surface area contributed by atoms with Gasteiger partial charge in [-0.15, -0.1) is 22.9 Å². The average Bonchev–Trinajstić information content (AvgIpc) is 3.11. The van der Waals surface area contributed by atoms with Crippen molar-refractivity contribution >= 4 is 45.6 Å². The number of para-hydroxylation sites is 1. The second-order valence-electron chi connectivity index (χ2n) is 4.83. The van der Waals surface area contributed by atoms with Crippen LogP contribution in [0.1, 0.15) is 35.6 Å². The Morgan fingerprint density at radius 1 is 1.38 bits per heavy atom. The summed E-state index contributed by atoms with van der Waals surface area (Å²) in [6, 6.07) is 5.81. The number of nitrogens with zero attached hydrogens (tertiary/aromatic N) is 3. The van der Waals surface area contributed by atoms with Gasteiger partial charge in [0, 0.05) is 11.1 Å². The van der Waals surface area contributed by atoms with Gasteiger partial charge in [0.2, 0.25) is 0 Å². The van der Waals surface area contributed by atoms with E-state index in [2.05, 4.69) is 28.4 Å². The van der Waals surface area contributed by atoms with Gasteiger partial charge in [0.15, 0.2) is 0 Å². The fourth-order valence-corrected chi connectivity index (χ4v) is 3.80. The Kier molecular flexibility index (Phi) is 4.20. The predicted molar refractivity (Wildman–Crippen MR) is 89.6 cm³/mol. The highest BCUT2D eigenvalue weighted by Gasteiger charge is 2.20. The van der Waals surface area contributed by atoms with Gasteiger partial charge in [-0.05, 0) is 25.5 Å². The van der Waals surface area contributed by atoms with Crippen molar-refractivity contribution < 1.29 is 0 Å².